The van der Waals surface area contributed by atoms with Crippen molar-refractivity contribution < 1.29 is 14.6 Å². The Balaban J connectivity index is 1.63. The van der Waals surface area contributed by atoms with Crippen molar-refractivity contribution >= 4 is 29.2 Å². The molecular formula is C20H21Cl2NO3. The van der Waals surface area contributed by atoms with E-state index in [1.54, 1.807) is 12.1 Å². The van der Waals surface area contributed by atoms with Crippen LogP contribution < -0.4 is 4.74 Å². The number of ether oxygens (including phenoxy) is 1. The fraction of sp³-hybridized carbons (Fsp3) is 0.350. The van der Waals surface area contributed by atoms with Gasteiger partial charge >= 0.3 is 5.97 Å². The Morgan fingerprint density at radius 1 is 1.15 bits per heavy atom. The maximum Gasteiger partial charge on any atom is 0.309 e. The van der Waals surface area contributed by atoms with E-state index in [1.807, 2.05) is 18.2 Å². The first-order valence-electron chi connectivity index (χ1n) is 8.45. The van der Waals surface area contributed by atoms with Gasteiger partial charge in [0.05, 0.1) is 16.0 Å². The Kier molecular flexibility index (Phi) is 5.76. The molecule has 0 aromatic heterocycles. The van der Waals surface area contributed by atoms with Gasteiger partial charge in [0, 0.05) is 19.6 Å². The van der Waals surface area contributed by atoms with Gasteiger partial charge in [-0.3, -0.25) is 9.69 Å². The van der Waals surface area contributed by atoms with Crippen molar-refractivity contribution in [3.63, 3.8) is 0 Å². The smallest absolute Gasteiger partial charge is 0.309 e. The summed E-state index contributed by atoms with van der Waals surface area (Å²) in [4.78, 5) is 13.1. The first kappa shape index (κ1) is 19.0. The second-order valence-corrected chi connectivity index (χ2v) is 7.62. The van der Waals surface area contributed by atoms with Crippen LogP contribution in [0.5, 0.6) is 5.75 Å². The van der Waals surface area contributed by atoms with Crippen molar-refractivity contribution in [3.8, 4) is 5.75 Å². The lowest BCUT2D eigenvalue weighted by atomic mass is 9.96. The number of likely N-dealkylation sites (tertiary alicyclic amines) is 1. The molecule has 2 aromatic rings. The van der Waals surface area contributed by atoms with Crippen LogP contribution in [0.15, 0.2) is 30.3 Å². The predicted molar refractivity (Wildman–Crippen MR) is 103 cm³/mol. The molecule has 0 amide bonds. The Labute approximate surface area is 163 Å². The molecular weight excluding hydrogens is 373 g/mol. The van der Waals surface area contributed by atoms with E-state index in [1.165, 1.54) is 5.56 Å². The maximum absolute atomic E-state index is 10.9. The van der Waals surface area contributed by atoms with Gasteiger partial charge in [-0.25, -0.2) is 0 Å². The van der Waals surface area contributed by atoms with Crippen LogP contribution in [0.1, 0.15) is 22.3 Å². The van der Waals surface area contributed by atoms with Gasteiger partial charge in [0.1, 0.15) is 12.4 Å². The zero-order valence-corrected chi connectivity index (χ0v) is 16.3. The van der Waals surface area contributed by atoms with Crippen LogP contribution in [0.4, 0.5) is 0 Å². The number of benzene rings is 2. The molecule has 1 aliphatic rings. The number of hydrogen-bond acceptors (Lipinski definition) is 3. The summed E-state index contributed by atoms with van der Waals surface area (Å²) in [6, 6.07) is 9.51. The summed E-state index contributed by atoms with van der Waals surface area (Å²) in [6.07, 6.45) is 0. The Bertz CT molecular complexity index is 809. The summed E-state index contributed by atoms with van der Waals surface area (Å²) in [7, 11) is 0. The van der Waals surface area contributed by atoms with Gasteiger partial charge in [0.15, 0.2) is 0 Å². The lowest BCUT2D eigenvalue weighted by Crippen LogP contribution is -2.49. The molecule has 4 nitrogen and oxygen atoms in total. The monoisotopic (exact) mass is 393 g/mol. The van der Waals surface area contributed by atoms with E-state index in [4.69, 9.17) is 33.0 Å². The molecule has 0 aliphatic carbocycles. The average Bonchev–Trinajstić information content (AvgIpc) is 2.53. The second kappa shape index (κ2) is 7.87. The summed E-state index contributed by atoms with van der Waals surface area (Å²) in [5.74, 6) is -0.132. The lowest BCUT2D eigenvalue weighted by Gasteiger charge is -2.37. The highest BCUT2D eigenvalue weighted by molar-refractivity contribution is 6.42. The molecule has 1 aliphatic heterocycles. The SMILES string of the molecule is Cc1cc(OCc2ccc(Cl)c(Cl)c2)cc(C)c1CN1CC(C(=O)O)C1. The van der Waals surface area contributed by atoms with E-state index in [9.17, 15) is 4.79 Å². The number of hydrogen-bond donors (Lipinski definition) is 1. The van der Waals surface area contributed by atoms with Crippen LogP contribution in [0.25, 0.3) is 0 Å². The first-order chi connectivity index (χ1) is 12.3. The fourth-order valence-corrected chi connectivity index (χ4v) is 3.48. The maximum atomic E-state index is 10.9. The summed E-state index contributed by atoms with van der Waals surface area (Å²) < 4.78 is 5.90. The molecule has 0 unspecified atom stereocenters. The van der Waals surface area contributed by atoms with Crippen molar-refractivity contribution in [1.82, 2.24) is 4.90 Å². The molecule has 138 valence electrons. The molecule has 1 heterocycles. The highest BCUT2D eigenvalue weighted by atomic mass is 35.5. The van der Waals surface area contributed by atoms with Crippen molar-refractivity contribution in [2.45, 2.75) is 27.0 Å². The quantitative estimate of drug-likeness (QED) is 0.771. The van der Waals surface area contributed by atoms with Crippen molar-refractivity contribution in [3.05, 3.63) is 62.6 Å². The third kappa shape index (κ3) is 4.32. The number of halogens is 2. The van der Waals surface area contributed by atoms with Crippen LogP contribution in [0.3, 0.4) is 0 Å². The molecule has 0 saturated carbocycles. The average molecular weight is 394 g/mol. The highest BCUT2D eigenvalue weighted by Gasteiger charge is 2.32. The minimum absolute atomic E-state index is 0.232. The minimum Gasteiger partial charge on any atom is -0.489 e. The van der Waals surface area contributed by atoms with E-state index in [0.29, 0.717) is 29.7 Å². The summed E-state index contributed by atoms with van der Waals surface area (Å²) in [6.45, 7) is 6.54. The Morgan fingerprint density at radius 3 is 2.38 bits per heavy atom. The Morgan fingerprint density at radius 2 is 1.81 bits per heavy atom. The zero-order chi connectivity index (χ0) is 18.8. The van der Waals surface area contributed by atoms with Gasteiger partial charge in [-0.15, -0.1) is 0 Å². The normalized spacial score (nSPS) is 14.9. The van der Waals surface area contributed by atoms with E-state index in [2.05, 4.69) is 18.7 Å². The zero-order valence-electron chi connectivity index (χ0n) is 14.8. The van der Waals surface area contributed by atoms with Crippen LogP contribution in [-0.4, -0.2) is 29.1 Å². The molecule has 0 atom stereocenters. The minimum atomic E-state index is -0.708. The molecule has 1 fully saturated rings. The summed E-state index contributed by atoms with van der Waals surface area (Å²) in [5.41, 5.74) is 4.48. The molecule has 2 aromatic carbocycles. The first-order valence-corrected chi connectivity index (χ1v) is 9.21. The van der Waals surface area contributed by atoms with Gasteiger partial charge in [0.25, 0.3) is 0 Å². The summed E-state index contributed by atoms with van der Waals surface area (Å²) >= 11 is 12.0. The number of nitrogens with zero attached hydrogens (tertiary/aromatic N) is 1. The van der Waals surface area contributed by atoms with Gasteiger partial charge in [-0.1, -0.05) is 29.3 Å². The van der Waals surface area contributed by atoms with Crippen LogP contribution in [0.2, 0.25) is 10.0 Å². The molecule has 6 heteroatoms. The standard InChI is InChI=1S/C20H21Cl2NO3/c1-12-5-16(26-11-14-3-4-18(21)19(22)7-14)6-13(2)17(12)10-23-8-15(9-23)20(24)25/h3-7,15H,8-11H2,1-2H3,(H,24,25). The molecule has 1 saturated heterocycles. The molecule has 0 bridgehead atoms. The van der Waals surface area contributed by atoms with Crippen LogP contribution >= 0.6 is 23.2 Å². The van der Waals surface area contributed by atoms with E-state index < -0.39 is 5.97 Å². The predicted octanol–water partition coefficient (Wildman–Crippen LogP) is 4.71. The largest absolute Gasteiger partial charge is 0.489 e. The summed E-state index contributed by atoms with van der Waals surface area (Å²) in [5, 5.41) is 10.0. The number of carbonyl (C=O) groups is 1. The Hall–Kier alpha value is -1.75. The number of rotatable bonds is 6. The third-order valence-electron chi connectivity index (χ3n) is 4.75. The molecule has 0 radical (unpaired) electrons. The molecule has 26 heavy (non-hydrogen) atoms. The van der Waals surface area contributed by atoms with Crippen LogP contribution in [-0.2, 0) is 17.9 Å². The van der Waals surface area contributed by atoms with Crippen LogP contribution in [0, 0.1) is 19.8 Å². The molecule has 0 spiro atoms. The topological polar surface area (TPSA) is 49.8 Å². The van der Waals surface area contributed by atoms with Gasteiger partial charge < -0.3 is 9.84 Å². The van der Waals surface area contributed by atoms with Crippen molar-refractivity contribution in [2.75, 3.05) is 13.1 Å². The highest BCUT2D eigenvalue weighted by Crippen LogP contribution is 2.27. The second-order valence-electron chi connectivity index (χ2n) is 6.80. The number of aliphatic carboxylic acids is 1. The van der Waals surface area contributed by atoms with E-state index in [-0.39, 0.29) is 5.92 Å². The number of carboxylic acids is 1. The van der Waals surface area contributed by atoms with Crippen molar-refractivity contribution in [1.29, 1.82) is 0 Å². The lowest BCUT2D eigenvalue weighted by molar-refractivity contribution is -0.147. The van der Waals surface area contributed by atoms with E-state index in [0.717, 1.165) is 29.0 Å². The molecule has 1 N–H and O–H groups in total. The molecule has 3 rings (SSSR count). The van der Waals surface area contributed by atoms with Gasteiger partial charge in [0.2, 0.25) is 0 Å². The number of carboxylic acid groups (broad SMARTS) is 1. The fourth-order valence-electron chi connectivity index (χ4n) is 3.16. The van der Waals surface area contributed by atoms with Crippen molar-refractivity contribution in [2.24, 2.45) is 5.92 Å². The number of aryl methyl sites for hydroxylation is 2. The van der Waals surface area contributed by atoms with E-state index >= 15 is 0 Å². The van der Waals surface area contributed by atoms with Gasteiger partial charge in [-0.05, 0) is 60.4 Å². The van der Waals surface area contributed by atoms with Gasteiger partial charge in [-0.2, -0.15) is 0 Å². The third-order valence-corrected chi connectivity index (χ3v) is 5.49.